The summed E-state index contributed by atoms with van der Waals surface area (Å²) >= 11 is 13.2. The van der Waals surface area contributed by atoms with E-state index in [1.165, 1.54) is 0 Å². The van der Waals surface area contributed by atoms with Gasteiger partial charge in [0.1, 0.15) is 5.78 Å². The molecule has 70 valence electrons. The summed E-state index contributed by atoms with van der Waals surface area (Å²) < 4.78 is 0. The van der Waals surface area contributed by atoms with Crippen LogP contribution in [0.1, 0.15) is 5.56 Å². The van der Waals surface area contributed by atoms with Gasteiger partial charge >= 0.3 is 0 Å². The Labute approximate surface area is 96.0 Å². The first-order valence-corrected chi connectivity index (χ1v) is 5.64. The minimum Gasteiger partial charge on any atom is -0.298 e. The highest BCUT2D eigenvalue weighted by Gasteiger charge is 2.07. The first kappa shape index (κ1) is 11.1. The number of alkyl halides is 1. The van der Waals surface area contributed by atoms with Crippen LogP contribution in [0.2, 0.25) is 5.02 Å². The Morgan fingerprint density at radius 2 is 2.23 bits per heavy atom. The third-order valence-electron chi connectivity index (χ3n) is 1.59. The van der Waals surface area contributed by atoms with Gasteiger partial charge in [-0.2, -0.15) is 0 Å². The number of carbonyl (C=O) groups is 1. The van der Waals surface area contributed by atoms with Gasteiger partial charge in [0.25, 0.3) is 0 Å². The molecule has 0 bridgehead atoms. The van der Waals surface area contributed by atoms with Crippen molar-refractivity contribution in [1.82, 2.24) is 0 Å². The van der Waals surface area contributed by atoms with E-state index in [1.807, 2.05) is 12.1 Å². The summed E-state index contributed by atoms with van der Waals surface area (Å²) in [6.07, 6.45) is 0.360. The zero-order valence-corrected chi connectivity index (χ0v) is 9.99. The van der Waals surface area contributed by atoms with Gasteiger partial charge in [-0.05, 0) is 11.6 Å². The van der Waals surface area contributed by atoms with Crippen LogP contribution >= 0.6 is 40.2 Å². The average molecular weight is 280 g/mol. The predicted molar refractivity (Wildman–Crippen MR) is 61.2 cm³/mol. The lowest BCUT2D eigenvalue weighted by molar-refractivity contribution is -0.115. The first-order chi connectivity index (χ1) is 6.15. The fraction of sp³-hybridized carbons (Fsp3) is 0.222. The van der Waals surface area contributed by atoms with Crippen molar-refractivity contribution < 1.29 is 4.79 Å². The molecule has 0 aromatic heterocycles. The maximum Gasteiger partial charge on any atom is 0.147 e. The Bertz CT molecular complexity index is 327. The number of Topliss-reactive ketones (excluding diaryl/α,β-unsaturated/α-hetero) is 1. The van der Waals surface area contributed by atoms with Gasteiger partial charge in [-0.1, -0.05) is 39.7 Å². The van der Waals surface area contributed by atoms with Crippen molar-refractivity contribution >= 4 is 45.9 Å². The summed E-state index contributed by atoms with van der Waals surface area (Å²) in [5.41, 5.74) is 0.832. The van der Waals surface area contributed by atoms with Crippen LogP contribution in [0.3, 0.4) is 0 Å². The molecule has 0 heterocycles. The Hall–Kier alpha value is 0.01000. The van der Waals surface area contributed by atoms with Gasteiger partial charge in [-0.15, -0.1) is 12.6 Å². The minimum atomic E-state index is 0.112. The van der Waals surface area contributed by atoms with Crippen LogP contribution in [0, 0.1) is 0 Å². The van der Waals surface area contributed by atoms with Crippen LogP contribution in [-0.2, 0) is 11.2 Å². The molecule has 0 amide bonds. The largest absolute Gasteiger partial charge is 0.298 e. The maximum absolute atomic E-state index is 11.1. The third-order valence-corrected chi connectivity index (χ3v) is 3.17. The molecule has 0 aliphatic carbocycles. The predicted octanol–water partition coefficient (Wildman–Crippen LogP) is 3.14. The maximum atomic E-state index is 11.1. The highest BCUT2D eigenvalue weighted by molar-refractivity contribution is 9.09. The number of carbonyl (C=O) groups excluding carboxylic acids is 1. The molecular weight excluding hydrogens is 272 g/mol. The molecule has 4 heteroatoms. The van der Waals surface area contributed by atoms with Gasteiger partial charge in [0.05, 0.1) is 10.4 Å². The fourth-order valence-electron chi connectivity index (χ4n) is 0.962. The van der Waals surface area contributed by atoms with Crippen molar-refractivity contribution in [3.05, 3.63) is 28.8 Å². The molecule has 0 saturated heterocycles. The van der Waals surface area contributed by atoms with Gasteiger partial charge in [-0.25, -0.2) is 0 Å². The molecule has 1 aromatic rings. The Morgan fingerprint density at radius 3 is 2.85 bits per heavy atom. The lowest BCUT2D eigenvalue weighted by Gasteiger charge is -2.03. The Balaban J connectivity index is 2.89. The molecular formula is C9H8BrClOS. The zero-order valence-electron chi connectivity index (χ0n) is 6.76. The molecule has 13 heavy (non-hydrogen) atoms. The highest BCUT2D eigenvalue weighted by Crippen LogP contribution is 2.24. The van der Waals surface area contributed by atoms with Crippen molar-refractivity contribution in [1.29, 1.82) is 0 Å². The summed E-state index contributed by atoms with van der Waals surface area (Å²) in [6, 6.07) is 5.47. The number of halogens is 2. The average Bonchev–Trinajstić information content (AvgIpc) is 2.13. The van der Waals surface area contributed by atoms with E-state index in [4.69, 9.17) is 11.6 Å². The van der Waals surface area contributed by atoms with Crippen LogP contribution in [0.4, 0.5) is 0 Å². The molecule has 0 saturated carbocycles. The van der Waals surface area contributed by atoms with Crippen LogP contribution in [-0.4, -0.2) is 11.1 Å². The third kappa shape index (κ3) is 3.01. The van der Waals surface area contributed by atoms with E-state index in [0.29, 0.717) is 21.7 Å². The van der Waals surface area contributed by atoms with E-state index < -0.39 is 0 Å². The number of hydrogen-bond acceptors (Lipinski definition) is 2. The van der Waals surface area contributed by atoms with Gasteiger partial charge in [-0.3, -0.25) is 4.79 Å². The van der Waals surface area contributed by atoms with Crippen LogP contribution in [0.25, 0.3) is 0 Å². The zero-order chi connectivity index (χ0) is 9.84. The normalized spacial score (nSPS) is 10.1. The molecule has 0 atom stereocenters. The summed E-state index contributed by atoms with van der Waals surface area (Å²) in [5.74, 6) is 0.112. The standard InChI is InChI=1S/C9H8BrClOS/c10-5-7(12)4-6-2-1-3-8(13)9(6)11/h1-3,13H,4-5H2. The van der Waals surface area contributed by atoms with Gasteiger partial charge < -0.3 is 0 Å². The number of thiol groups is 1. The Morgan fingerprint density at radius 1 is 1.54 bits per heavy atom. The quantitative estimate of drug-likeness (QED) is 0.664. The molecule has 0 fully saturated rings. The lowest BCUT2D eigenvalue weighted by atomic mass is 10.1. The van der Waals surface area contributed by atoms with E-state index in [2.05, 4.69) is 28.6 Å². The van der Waals surface area contributed by atoms with E-state index >= 15 is 0 Å². The minimum absolute atomic E-state index is 0.112. The van der Waals surface area contributed by atoms with Crippen LogP contribution in [0.5, 0.6) is 0 Å². The van der Waals surface area contributed by atoms with Crippen molar-refractivity contribution in [2.24, 2.45) is 0 Å². The van der Waals surface area contributed by atoms with Crippen LogP contribution < -0.4 is 0 Å². The van der Waals surface area contributed by atoms with E-state index in [1.54, 1.807) is 6.07 Å². The van der Waals surface area contributed by atoms with E-state index in [0.717, 1.165) is 5.56 Å². The van der Waals surface area contributed by atoms with Crippen molar-refractivity contribution in [3.63, 3.8) is 0 Å². The highest BCUT2D eigenvalue weighted by atomic mass is 79.9. The van der Waals surface area contributed by atoms with Gasteiger partial charge in [0.15, 0.2) is 0 Å². The summed E-state index contributed by atoms with van der Waals surface area (Å²) in [7, 11) is 0. The van der Waals surface area contributed by atoms with Gasteiger partial charge in [0.2, 0.25) is 0 Å². The van der Waals surface area contributed by atoms with Crippen LogP contribution in [0.15, 0.2) is 23.1 Å². The molecule has 1 rings (SSSR count). The molecule has 0 aliphatic rings. The van der Waals surface area contributed by atoms with E-state index in [-0.39, 0.29) is 5.78 Å². The number of hydrogen-bond donors (Lipinski definition) is 1. The number of benzene rings is 1. The topological polar surface area (TPSA) is 17.1 Å². The molecule has 0 spiro atoms. The van der Waals surface area contributed by atoms with Crippen molar-refractivity contribution in [3.8, 4) is 0 Å². The summed E-state index contributed by atoms with van der Waals surface area (Å²) in [6.45, 7) is 0. The lowest BCUT2D eigenvalue weighted by Crippen LogP contribution is -2.03. The smallest absolute Gasteiger partial charge is 0.147 e. The number of rotatable bonds is 3. The summed E-state index contributed by atoms with van der Waals surface area (Å²) in [4.78, 5) is 11.8. The molecule has 1 nitrogen and oxygen atoms in total. The van der Waals surface area contributed by atoms with Crippen molar-refractivity contribution in [2.75, 3.05) is 5.33 Å². The molecule has 0 unspecified atom stereocenters. The van der Waals surface area contributed by atoms with E-state index in [9.17, 15) is 4.79 Å². The second kappa shape index (κ2) is 5.03. The first-order valence-electron chi connectivity index (χ1n) is 3.69. The monoisotopic (exact) mass is 278 g/mol. The molecule has 0 aliphatic heterocycles. The molecule has 0 radical (unpaired) electrons. The Kier molecular flexibility index (Phi) is 4.29. The SMILES string of the molecule is O=C(CBr)Cc1cccc(S)c1Cl. The fourth-order valence-corrected chi connectivity index (χ4v) is 1.58. The molecule has 1 aromatic carbocycles. The van der Waals surface area contributed by atoms with Crippen molar-refractivity contribution in [2.45, 2.75) is 11.3 Å². The van der Waals surface area contributed by atoms with Gasteiger partial charge in [0, 0.05) is 11.3 Å². The second-order valence-electron chi connectivity index (χ2n) is 2.60. The summed E-state index contributed by atoms with van der Waals surface area (Å²) in [5, 5.41) is 0.931. The molecule has 0 N–H and O–H groups in total. The number of ketones is 1. The second-order valence-corrected chi connectivity index (χ2v) is 4.02.